The van der Waals surface area contributed by atoms with Gasteiger partial charge in [0.25, 0.3) is 0 Å². The first-order valence-electron chi connectivity index (χ1n) is 9.90. The van der Waals surface area contributed by atoms with Gasteiger partial charge in [-0.25, -0.2) is 0 Å². The number of ether oxygens (including phenoxy) is 2. The molecule has 1 unspecified atom stereocenters. The van der Waals surface area contributed by atoms with Crippen molar-refractivity contribution in [2.45, 2.75) is 26.4 Å². The molecule has 0 saturated carbocycles. The predicted molar refractivity (Wildman–Crippen MR) is 121 cm³/mol. The molecule has 0 radical (unpaired) electrons. The molecule has 31 heavy (non-hydrogen) atoms. The summed E-state index contributed by atoms with van der Waals surface area (Å²) in [5.41, 5.74) is 5.30. The Kier molecular flexibility index (Phi) is 7.01. The zero-order valence-corrected chi connectivity index (χ0v) is 18.1. The highest BCUT2D eigenvalue weighted by Crippen LogP contribution is 2.34. The van der Waals surface area contributed by atoms with Crippen molar-refractivity contribution in [2.24, 2.45) is 4.99 Å². The number of aromatic nitrogens is 1. The summed E-state index contributed by atoms with van der Waals surface area (Å²) in [6.07, 6.45) is 1.64. The van der Waals surface area contributed by atoms with Crippen LogP contribution in [0.15, 0.2) is 53.5 Å². The lowest BCUT2D eigenvalue weighted by atomic mass is 10.00. The smallest absolute Gasteiger partial charge is 0.162 e. The molecule has 0 aliphatic heterocycles. The molecular weight excluding hydrogens is 390 g/mol. The number of aliphatic hydroxyl groups is 1. The van der Waals surface area contributed by atoms with E-state index in [2.05, 4.69) is 11.1 Å². The summed E-state index contributed by atoms with van der Waals surface area (Å²) in [6, 6.07) is 16.9. The number of aliphatic hydroxyl groups excluding tert-OH is 1. The van der Waals surface area contributed by atoms with Crippen molar-refractivity contribution in [3.05, 3.63) is 70.9 Å². The van der Waals surface area contributed by atoms with Crippen LogP contribution in [0.2, 0.25) is 0 Å². The first-order chi connectivity index (χ1) is 15.0. The molecule has 3 rings (SSSR count). The standard InChI is InChI=1S/C25H25N3O3/c1-16-12-23(30-3)24(31-4)14-22(16)27-11-10-20-8-9-21(17(2)29)25(28-20)19-7-5-6-18(13-19)15-26/h5-9,11-14,17,29H,10H2,1-4H3/b27-11-. The number of hydrogen-bond donors (Lipinski definition) is 1. The first kappa shape index (κ1) is 22.0. The van der Waals surface area contributed by atoms with Gasteiger partial charge in [-0.3, -0.25) is 9.98 Å². The SMILES string of the molecule is COc1cc(C)c(/N=C\Cc2ccc(C(C)O)c(-c3cccc(C#N)c3)n2)cc1OC. The maximum atomic E-state index is 10.2. The van der Waals surface area contributed by atoms with E-state index < -0.39 is 6.10 Å². The van der Waals surface area contributed by atoms with E-state index in [1.165, 1.54) is 0 Å². The normalized spacial score (nSPS) is 11.9. The highest BCUT2D eigenvalue weighted by molar-refractivity contribution is 5.70. The number of aliphatic imine (C=N–C) groups is 1. The number of hydrogen-bond acceptors (Lipinski definition) is 6. The number of rotatable bonds is 7. The summed E-state index contributed by atoms with van der Waals surface area (Å²) in [5, 5.41) is 19.4. The van der Waals surface area contributed by atoms with Gasteiger partial charge < -0.3 is 14.6 Å². The van der Waals surface area contributed by atoms with Gasteiger partial charge in [0.05, 0.1) is 43.3 Å². The molecule has 6 nitrogen and oxygen atoms in total. The van der Waals surface area contributed by atoms with Crippen LogP contribution in [0, 0.1) is 18.3 Å². The van der Waals surface area contributed by atoms with Gasteiger partial charge in [0.1, 0.15) is 0 Å². The summed E-state index contributed by atoms with van der Waals surface area (Å²) in [5.74, 6) is 1.29. The van der Waals surface area contributed by atoms with E-state index in [1.807, 2.05) is 43.3 Å². The number of methoxy groups -OCH3 is 2. The van der Waals surface area contributed by atoms with Crippen LogP contribution in [0.4, 0.5) is 5.69 Å². The molecule has 158 valence electrons. The highest BCUT2D eigenvalue weighted by Gasteiger charge is 2.13. The van der Waals surface area contributed by atoms with Crippen molar-refractivity contribution in [3.63, 3.8) is 0 Å². The molecule has 0 fully saturated rings. The molecule has 0 bridgehead atoms. The molecule has 2 aromatic carbocycles. The fraction of sp³-hybridized carbons (Fsp3) is 0.240. The third-order valence-electron chi connectivity index (χ3n) is 4.93. The summed E-state index contributed by atoms with van der Waals surface area (Å²) in [4.78, 5) is 9.33. The lowest BCUT2D eigenvalue weighted by Crippen LogP contribution is -2.02. The van der Waals surface area contributed by atoms with Crippen molar-refractivity contribution >= 4 is 11.9 Å². The van der Waals surface area contributed by atoms with Gasteiger partial charge in [0.15, 0.2) is 11.5 Å². The average molecular weight is 415 g/mol. The Balaban J connectivity index is 1.90. The Morgan fingerprint density at radius 1 is 1.13 bits per heavy atom. The lowest BCUT2D eigenvalue weighted by Gasteiger charge is -2.13. The van der Waals surface area contributed by atoms with Gasteiger partial charge in [-0.1, -0.05) is 18.2 Å². The summed E-state index contributed by atoms with van der Waals surface area (Å²) < 4.78 is 10.7. The van der Waals surface area contributed by atoms with Crippen LogP contribution in [-0.2, 0) is 6.42 Å². The molecule has 0 saturated heterocycles. The Hall–Kier alpha value is -3.69. The molecule has 1 heterocycles. The fourth-order valence-corrected chi connectivity index (χ4v) is 3.27. The molecule has 0 amide bonds. The molecule has 0 aliphatic carbocycles. The zero-order chi connectivity index (χ0) is 22.4. The fourth-order valence-electron chi connectivity index (χ4n) is 3.27. The van der Waals surface area contributed by atoms with E-state index in [0.717, 1.165) is 22.5 Å². The Labute approximate surface area is 182 Å². The van der Waals surface area contributed by atoms with E-state index >= 15 is 0 Å². The van der Waals surface area contributed by atoms with Crippen LogP contribution in [0.25, 0.3) is 11.3 Å². The second-order valence-corrected chi connectivity index (χ2v) is 7.12. The van der Waals surface area contributed by atoms with E-state index in [-0.39, 0.29) is 0 Å². The molecule has 1 aromatic heterocycles. The molecular formula is C25H25N3O3. The maximum Gasteiger partial charge on any atom is 0.162 e. The monoisotopic (exact) mass is 415 g/mol. The third-order valence-corrected chi connectivity index (χ3v) is 4.93. The summed E-state index contributed by atoms with van der Waals surface area (Å²) in [7, 11) is 3.20. The van der Waals surface area contributed by atoms with Gasteiger partial charge in [0, 0.05) is 35.5 Å². The minimum absolute atomic E-state index is 0.513. The highest BCUT2D eigenvalue weighted by atomic mass is 16.5. The number of benzene rings is 2. The Morgan fingerprint density at radius 3 is 2.55 bits per heavy atom. The van der Waals surface area contributed by atoms with Crippen molar-refractivity contribution in [2.75, 3.05) is 14.2 Å². The van der Waals surface area contributed by atoms with Crippen LogP contribution >= 0.6 is 0 Å². The molecule has 1 N–H and O–H groups in total. The summed E-state index contributed by atoms with van der Waals surface area (Å²) in [6.45, 7) is 3.67. The van der Waals surface area contributed by atoms with E-state index in [0.29, 0.717) is 34.7 Å². The summed E-state index contributed by atoms with van der Waals surface area (Å²) >= 11 is 0. The van der Waals surface area contributed by atoms with Crippen molar-refractivity contribution < 1.29 is 14.6 Å². The largest absolute Gasteiger partial charge is 0.493 e. The minimum atomic E-state index is -0.676. The van der Waals surface area contributed by atoms with Crippen LogP contribution in [-0.4, -0.2) is 30.5 Å². The van der Waals surface area contributed by atoms with Crippen molar-refractivity contribution in [3.8, 4) is 28.8 Å². The first-order valence-corrected chi connectivity index (χ1v) is 9.90. The third kappa shape index (κ3) is 5.08. The van der Waals surface area contributed by atoms with Crippen LogP contribution in [0.3, 0.4) is 0 Å². The predicted octanol–water partition coefficient (Wildman–Crippen LogP) is 4.94. The van der Waals surface area contributed by atoms with Gasteiger partial charge in [-0.05, 0) is 43.7 Å². The van der Waals surface area contributed by atoms with Crippen molar-refractivity contribution in [1.82, 2.24) is 4.98 Å². The van der Waals surface area contributed by atoms with Crippen LogP contribution < -0.4 is 9.47 Å². The Morgan fingerprint density at radius 2 is 1.87 bits per heavy atom. The molecule has 0 spiro atoms. The lowest BCUT2D eigenvalue weighted by molar-refractivity contribution is 0.199. The van der Waals surface area contributed by atoms with Gasteiger partial charge in [-0.2, -0.15) is 5.26 Å². The van der Waals surface area contributed by atoms with E-state index in [1.54, 1.807) is 39.5 Å². The van der Waals surface area contributed by atoms with Crippen LogP contribution in [0.5, 0.6) is 11.5 Å². The second kappa shape index (κ2) is 9.88. The number of nitrogens with zero attached hydrogens (tertiary/aromatic N) is 3. The molecule has 3 aromatic rings. The minimum Gasteiger partial charge on any atom is -0.493 e. The van der Waals surface area contributed by atoms with Gasteiger partial charge in [-0.15, -0.1) is 0 Å². The van der Waals surface area contributed by atoms with E-state index in [4.69, 9.17) is 14.5 Å². The quantitative estimate of drug-likeness (QED) is 0.552. The number of pyridine rings is 1. The van der Waals surface area contributed by atoms with Gasteiger partial charge in [0.2, 0.25) is 0 Å². The van der Waals surface area contributed by atoms with Gasteiger partial charge >= 0.3 is 0 Å². The number of aryl methyl sites for hydroxylation is 1. The maximum absolute atomic E-state index is 10.2. The molecule has 1 atom stereocenters. The second-order valence-electron chi connectivity index (χ2n) is 7.12. The average Bonchev–Trinajstić information content (AvgIpc) is 2.79. The Bertz CT molecular complexity index is 1150. The van der Waals surface area contributed by atoms with Crippen molar-refractivity contribution in [1.29, 1.82) is 5.26 Å². The number of nitriles is 1. The van der Waals surface area contributed by atoms with Crippen LogP contribution in [0.1, 0.15) is 35.4 Å². The zero-order valence-electron chi connectivity index (χ0n) is 18.1. The topological polar surface area (TPSA) is 87.7 Å². The van der Waals surface area contributed by atoms with E-state index in [9.17, 15) is 10.4 Å². The molecule has 0 aliphatic rings. The molecule has 6 heteroatoms.